The number of carbonyl (C=O) groups is 3. The van der Waals surface area contributed by atoms with Gasteiger partial charge in [0, 0.05) is 23.1 Å². The Balaban J connectivity index is 1.40. The molecule has 0 aliphatic carbocycles. The zero-order valence-corrected chi connectivity index (χ0v) is 19.0. The zero-order chi connectivity index (χ0) is 24.7. The van der Waals surface area contributed by atoms with Crippen LogP contribution in [-0.4, -0.2) is 24.9 Å². The molecule has 0 N–H and O–H groups in total. The Bertz CT molecular complexity index is 1590. The normalized spacial score (nSPS) is 12.7. The lowest BCUT2D eigenvalue weighted by Gasteiger charge is -2.15. The number of anilines is 1. The number of halogens is 1. The Morgan fingerprint density at radius 1 is 0.943 bits per heavy atom. The number of benzene rings is 3. The molecule has 0 spiro atoms. The van der Waals surface area contributed by atoms with Gasteiger partial charge in [0.25, 0.3) is 11.8 Å². The highest BCUT2D eigenvalue weighted by molar-refractivity contribution is 6.39. The van der Waals surface area contributed by atoms with Crippen LogP contribution in [0, 0.1) is 0 Å². The molecular formula is C26H16ClNO7. The smallest absolute Gasteiger partial charge is 0.338 e. The summed E-state index contributed by atoms with van der Waals surface area (Å²) in [4.78, 5) is 51.5. The average molecular weight is 490 g/mol. The fraction of sp³-hybridized carbons (Fsp3) is 0.0769. The molecule has 0 fully saturated rings. The number of carbonyl (C=O) groups excluding carboxylic acids is 3. The second-order valence-corrected chi connectivity index (χ2v) is 8.09. The molecule has 0 unspecified atom stereocenters. The summed E-state index contributed by atoms with van der Waals surface area (Å²) >= 11 is 6.17. The van der Waals surface area contributed by atoms with Crippen LogP contribution in [0.2, 0.25) is 5.02 Å². The van der Waals surface area contributed by atoms with E-state index in [1.165, 1.54) is 31.4 Å². The topological polar surface area (TPSA) is 103 Å². The maximum Gasteiger partial charge on any atom is 0.338 e. The van der Waals surface area contributed by atoms with Gasteiger partial charge in [-0.25, -0.2) is 14.5 Å². The number of fused-ring (bicyclic) bond motifs is 2. The number of hydrogen-bond acceptors (Lipinski definition) is 7. The minimum atomic E-state index is -0.723. The van der Waals surface area contributed by atoms with E-state index in [4.69, 9.17) is 25.5 Å². The first-order chi connectivity index (χ1) is 16.9. The highest BCUT2D eigenvalue weighted by Gasteiger charge is 2.38. The van der Waals surface area contributed by atoms with Gasteiger partial charge in [-0.2, -0.15) is 0 Å². The first-order valence-corrected chi connectivity index (χ1v) is 10.8. The third-order valence-electron chi connectivity index (χ3n) is 5.61. The Morgan fingerprint density at radius 3 is 2.49 bits per heavy atom. The molecule has 9 heteroatoms. The van der Waals surface area contributed by atoms with Gasteiger partial charge in [-0.1, -0.05) is 23.7 Å². The van der Waals surface area contributed by atoms with Crippen molar-refractivity contribution >= 4 is 46.0 Å². The van der Waals surface area contributed by atoms with Crippen molar-refractivity contribution in [1.29, 1.82) is 0 Å². The van der Waals surface area contributed by atoms with E-state index in [0.717, 1.165) is 4.90 Å². The summed E-state index contributed by atoms with van der Waals surface area (Å²) in [6.07, 6.45) is 0. The van der Waals surface area contributed by atoms with Crippen LogP contribution in [0.1, 0.15) is 36.6 Å². The van der Waals surface area contributed by atoms with Crippen molar-refractivity contribution in [2.75, 3.05) is 12.0 Å². The molecule has 5 rings (SSSR count). The number of amides is 2. The van der Waals surface area contributed by atoms with Gasteiger partial charge in [0.2, 0.25) is 0 Å². The molecule has 8 nitrogen and oxygen atoms in total. The van der Waals surface area contributed by atoms with Crippen LogP contribution in [0.25, 0.3) is 11.0 Å². The van der Waals surface area contributed by atoms with Crippen molar-refractivity contribution in [2.45, 2.75) is 6.61 Å². The third-order valence-corrected chi connectivity index (χ3v) is 5.93. The van der Waals surface area contributed by atoms with Crippen LogP contribution in [0.15, 0.2) is 75.9 Å². The molecule has 174 valence electrons. The Labute approximate surface area is 203 Å². The van der Waals surface area contributed by atoms with E-state index in [2.05, 4.69) is 0 Å². The minimum Gasteiger partial charge on any atom is -0.497 e. The third kappa shape index (κ3) is 3.94. The van der Waals surface area contributed by atoms with Gasteiger partial charge in [-0.15, -0.1) is 0 Å². The van der Waals surface area contributed by atoms with Crippen molar-refractivity contribution in [3.05, 3.63) is 104 Å². The van der Waals surface area contributed by atoms with E-state index in [-0.39, 0.29) is 34.0 Å². The molecule has 1 aliphatic rings. The molecule has 0 radical (unpaired) electrons. The minimum absolute atomic E-state index is 0.0715. The first-order valence-electron chi connectivity index (χ1n) is 10.4. The van der Waals surface area contributed by atoms with Crippen LogP contribution >= 0.6 is 11.6 Å². The fourth-order valence-corrected chi connectivity index (χ4v) is 4.12. The fourth-order valence-electron chi connectivity index (χ4n) is 3.90. The highest BCUT2D eigenvalue weighted by Crippen LogP contribution is 2.33. The molecule has 0 saturated heterocycles. The number of imide groups is 1. The molecule has 0 saturated carbocycles. The number of para-hydroxylation sites is 1. The summed E-state index contributed by atoms with van der Waals surface area (Å²) in [5, 5.41) is 0.835. The summed E-state index contributed by atoms with van der Waals surface area (Å²) in [7, 11) is 1.49. The van der Waals surface area contributed by atoms with Crippen molar-refractivity contribution in [3.63, 3.8) is 0 Å². The van der Waals surface area contributed by atoms with Gasteiger partial charge in [-0.3, -0.25) is 9.59 Å². The average Bonchev–Trinajstić information content (AvgIpc) is 3.11. The summed E-state index contributed by atoms with van der Waals surface area (Å²) in [5.74, 6) is -1.33. The molecule has 2 heterocycles. The van der Waals surface area contributed by atoms with Crippen molar-refractivity contribution in [2.24, 2.45) is 0 Å². The van der Waals surface area contributed by atoms with Gasteiger partial charge in [0.1, 0.15) is 17.9 Å². The summed E-state index contributed by atoms with van der Waals surface area (Å²) in [6, 6.07) is 16.8. The van der Waals surface area contributed by atoms with Gasteiger partial charge in [-0.05, 0) is 42.5 Å². The number of ether oxygens (including phenoxy) is 2. The zero-order valence-electron chi connectivity index (χ0n) is 18.2. The number of nitrogens with zero attached hydrogens (tertiary/aromatic N) is 1. The van der Waals surface area contributed by atoms with Crippen molar-refractivity contribution in [1.82, 2.24) is 0 Å². The lowest BCUT2D eigenvalue weighted by Crippen LogP contribution is -2.29. The molecule has 0 atom stereocenters. The molecule has 3 aromatic carbocycles. The van der Waals surface area contributed by atoms with E-state index < -0.39 is 23.4 Å². The Morgan fingerprint density at radius 2 is 1.71 bits per heavy atom. The summed E-state index contributed by atoms with van der Waals surface area (Å²) in [6.45, 7) is -0.205. The molecule has 4 aromatic rings. The van der Waals surface area contributed by atoms with E-state index in [1.54, 1.807) is 42.5 Å². The summed E-state index contributed by atoms with van der Waals surface area (Å²) in [5.41, 5.74) is 0.719. The van der Waals surface area contributed by atoms with Gasteiger partial charge >= 0.3 is 11.6 Å². The van der Waals surface area contributed by atoms with Crippen LogP contribution < -0.4 is 15.3 Å². The van der Waals surface area contributed by atoms with Crippen LogP contribution in [0.5, 0.6) is 5.75 Å². The van der Waals surface area contributed by atoms with Gasteiger partial charge in [0.05, 0.1) is 34.5 Å². The second kappa shape index (κ2) is 8.73. The van der Waals surface area contributed by atoms with Crippen molar-refractivity contribution in [3.8, 4) is 5.75 Å². The predicted octanol–water partition coefficient (Wildman–Crippen LogP) is 4.61. The van der Waals surface area contributed by atoms with Crippen molar-refractivity contribution < 1.29 is 28.3 Å². The molecule has 35 heavy (non-hydrogen) atoms. The molecule has 1 aliphatic heterocycles. The Hall–Kier alpha value is -4.43. The number of rotatable bonds is 5. The number of esters is 1. The largest absolute Gasteiger partial charge is 0.497 e. The lowest BCUT2D eigenvalue weighted by molar-refractivity contribution is 0.0473. The first kappa shape index (κ1) is 22.4. The monoisotopic (exact) mass is 489 g/mol. The van der Waals surface area contributed by atoms with Gasteiger partial charge < -0.3 is 13.9 Å². The quantitative estimate of drug-likeness (QED) is 0.229. The standard InChI is InChI=1S/C26H16ClNO7/c1-33-16-7-9-17-15(11-23(29)35-22(17)12-16)13-34-26(32)14-6-8-18-19(10-14)25(31)28(24(18)30)21-5-3-2-4-20(21)27/h2-12H,13H2,1H3. The van der Waals surface area contributed by atoms with E-state index in [9.17, 15) is 19.2 Å². The Kier molecular flexibility index (Phi) is 5.58. The van der Waals surface area contributed by atoms with E-state index >= 15 is 0 Å². The van der Waals surface area contributed by atoms with Gasteiger partial charge in [0.15, 0.2) is 0 Å². The van der Waals surface area contributed by atoms with Crippen LogP contribution in [0.4, 0.5) is 5.69 Å². The van der Waals surface area contributed by atoms with E-state index in [0.29, 0.717) is 22.3 Å². The SMILES string of the molecule is COc1ccc2c(COC(=O)c3ccc4c(c3)C(=O)N(c3ccccc3Cl)C4=O)cc(=O)oc2c1. The van der Waals surface area contributed by atoms with Crippen LogP contribution in [-0.2, 0) is 11.3 Å². The highest BCUT2D eigenvalue weighted by atomic mass is 35.5. The summed E-state index contributed by atoms with van der Waals surface area (Å²) < 4.78 is 15.8. The maximum absolute atomic E-state index is 13.0. The predicted molar refractivity (Wildman–Crippen MR) is 127 cm³/mol. The molecular weight excluding hydrogens is 474 g/mol. The molecule has 0 bridgehead atoms. The number of methoxy groups -OCH3 is 1. The molecule has 2 amide bonds. The number of hydrogen-bond donors (Lipinski definition) is 0. The molecule has 1 aromatic heterocycles. The van der Waals surface area contributed by atoms with E-state index in [1.807, 2.05) is 0 Å². The maximum atomic E-state index is 13.0. The van der Waals surface area contributed by atoms with Crippen LogP contribution in [0.3, 0.4) is 0 Å². The lowest BCUT2D eigenvalue weighted by atomic mass is 10.1. The second-order valence-electron chi connectivity index (χ2n) is 7.69.